The first-order valence-corrected chi connectivity index (χ1v) is 12.3. The van der Waals surface area contributed by atoms with E-state index in [4.69, 9.17) is 4.74 Å². The molecule has 2 saturated heterocycles. The van der Waals surface area contributed by atoms with E-state index >= 15 is 0 Å². The number of methoxy groups -OCH3 is 1. The van der Waals surface area contributed by atoms with Gasteiger partial charge < -0.3 is 19.9 Å². The largest absolute Gasteiger partial charge is 0.385 e. The highest BCUT2D eigenvalue weighted by molar-refractivity contribution is 8.00. The number of piperazine rings is 1. The van der Waals surface area contributed by atoms with Crippen LogP contribution in [-0.2, 0) is 14.3 Å². The summed E-state index contributed by atoms with van der Waals surface area (Å²) in [6.45, 7) is 5.78. The van der Waals surface area contributed by atoms with E-state index in [0.717, 1.165) is 37.2 Å². The van der Waals surface area contributed by atoms with Gasteiger partial charge in [0.1, 0.15) is 0 Å². The molecule has 0 aromatic heterocycles. The maximum absolute atomic E-state index is 13.2. The van der Waals surface area contributed by atoms with Crippen LogP contribution in [0.3, 0.4) is 0 Å². The minimum atomic E-state index is -0.00890. The van der Waals surface area contributed by atoms with Gasteiger partial charge in [0.25, 0.3) is 5.91 Å². The van der Waals surface area contributed by atoms with Crippen molar-refractivity contribution in [2.75, 3.05) is 71.8 Å². The SMILES string of the molecule is COCCCNC(=O)CN1CCN(C(=O)c2ccccc2SCC(=O)N2CCCC2)CC1. The standard InChI is InChI=1S/C23H34N4O4S/c1-31-16-6-9-24-21(28)17-25-12-14-27(15-13-25)23(30)19-7-2-3-8-20(19)32-18-22(29)26-10-4-5-11-26/h2-3,7-8H,4-6,9-18H2,1H3,(H,24,28). The van der Waals surface area contributed by atoms with Gasteiger partial charge in [-0.05, 0) is 31.4 Å². The third-order valence-corrected chi connectivity index (χ3v) is 6.86. The van der Waals surface area contributed by atoms with Gasteiger partial charge in [0.2, 0.25) is 11.8 Å². The predicted molar refractivity (Wildman–Crippen MR) is 125 cm³/mol. The Bertz CT molecular complexity index is 777. The predicted octanol–water partition coefficient (Wildman–Crippen LogP) is 1.31. The van der Waals surface area contributed by atoms with Crippen molar-refractivity contribution in [3.8, 4) is 0 Å². The summed E-state index contributed by atoms with van der Waals surface area (Å²) in [5, 5.41) is 2.90. The lowest BCUT2D eigenvalue weighted by Crippen LogP contribution is -2.51. The first-order chi connectivity index (χ1) is 15.6. The first-order valence-electron chi connectivity index (χ1n) is 11.4. The van der Waals surface area contributed by atoms with Crippen molar-refractivity contribution in [2.45, 2.75) is 24.2 Å². The molecule has 2 fully saturated rings. The molecule has 9 heteroatoms. The Kier molecular flexibility index (Phi) is 9.83. The molecule has 0 unspecified atom stereocenters. The molecule has 2 aliphatic rings. The molecule has 0 radical (unpaired) electrons. The molecule has 3 rings (SSSR count). The van der Waals surface area contributed by atoms with Crippen LogP contribution in [0.4, 0.5) is 0 Å². The summed E-state index contributed by atoms with van der Waals surface area (Å²) in [6, 6.07) is 7.52. The van der Waals surface area contributed by atoms with Crippen molar-refractivity contribution in [1.82, 2.24) is 20.0 Å². The summed E-state index contributed by atoms with van der Waals surface area (Å²) in [7, 11) is 1.65. The van der Waals surface area contributed by atoms with E-state index in [1.165, 1.54) is 11.8 Å². The number of benzene rings is 1. The van der Waals surface area contributed by atoms with Crippen LogP contribution < -0.4 is 5.32 Å². The van der Waals surface area contributed by atoms with Crippen molar-refractivity contribution in [3.05, 3.63) is 29.8 Å². The van der Waals surface area contributed by atoms with E-state index in [9.17, 15) is 14.4 Å². The third kappa shape index (κ3) is 7.21. The number of carbonyl (C=O) groups excluding carboxylic acids is 3. The monoisotopic (exact) mass is 462 g/mol. The lowest BCUT2D eigenvalue weighted by Gasteiger charge is -2.34. The van der Waals surface area contributed by atoms with Crippen molar-refractivity contribution in [1.29, 1.82) is 0 Å². The highest BCUT2D eigenvalue weighted by atomic mass is 32.2. The summed E-state index contributed by atoms with van der Waals surface area (Å²) in [4.78, 5) is 44.3. The summed E-state index contributed by atoms with van der Waals surface area (Å²) in [5.41, 5.74) is 0.649. The molecule has 2 aliphatic heterocycles. The van der Waals surface area contributed by atoms with Crippen molar-refractivity contribution in [2.24, 2.45) is 0 Å². The molecule has 0 atom stereocenters. The lowest BCUT2D eigenvalue weighted by molar-refractivity contribution is -0.127. The Labute approximate surface area is 194 Å². The highest BCUT2D eigenvalue weighted by Gasteiger charge is 2.25. The first kappa shape index (κ1) is 24.5. The number of carbonyl (C=O) groups is 3. The fourth-order valence-electron chi connectivity index (χ4n) is 3.95. The highest BCUT2D eigenvalue weighted by Crippen LogP contribution is 2.25. The molecule has 8 nitrogen and oxygen atoms in total. The summed E-state index contributed by atoms with van der Waals surface area (Å²) >= 11 is 1.44. The summed E-state index contributed by atoms with van der Waals surface area (Å²) < 4.78 is 4.98. The Balaban J connectivity index is 1.46. The number of hydrogen-bond acceptors (Lipinski definition) is 6. The average Bonchev–Trinajstić information content (AvgIpc) is 3.36. The zero-order valence-corrected chi connectivity index (χ0v) is 19.7. The number of hydrogen-bond donors (Lipinski definition) is 1. The Morgan fingerprint density at radius 1 is 1.00 bits per heavy atom. The molecule has 0 spiro atoms. The second-order valence-electron chi connectivity index (χ2n) is 8.14. The maximum atomic E-state index is 13.2. The van der Waals surface area contributed by atoms with Gasteiger partial charge >= 0.3 is 0 Å². The third-order valence-electron chi connectivity index (χ3n) is 5.80. The molecular weight excluding hydrogens is 428 g/mol. The van der Waals surface area contributed by atoms with Gasteiger partial charge in [-0.1, -0.05) is 12.1 Å². The Morgan fingerprint density at radius 3 is 2.44 bits per heavy atom. The minimum Gasteiger partial charge on any atom is -0.385 e. The fourth-order valence-corrected chi connectivity index (χ4v) is 4.90. The number of likely N-dealkylation sites (tertiary alicyclic amines) is 1. The number of thioether (sulfide) groups is 1. The minimum absolute atomic E-state index is 0.00490. The number of ether oxygens (including phenoxy) is 1. The molecule has 176 valence electrons. The van der Waals surface area contributed by atoms with Gasteiger partial charge in [-0.2, -0.15) is 0 Å². The van der Waals surface area contributed by atoms with Gasteiger partial charge in [-0.3, -0.25) is 19.3 Å². The normalized spacial score (nSPS) is 16.9. The van der Waals surface area contributed by atoms with E-state index in [-0.39, 0.29) is 17.7 Å². The topological polar surface area (TPSA) is 82.2 Å². The van der Waals surface area contributed by atoms with E-state index in [1.54, 1.807) is 7.11 Å². The second kappa shape index (κ2) is 12.8. The van der Waals surface area contributed by atoms with Crippen LogP contribution in [0.25, 0.3) is 0 Å². The smallest absolute Gasteiger partial charge is 0.255 e. The van der Waals surface area contributed by atoms with Gasteiger partial charge in [0.05, 0.1) is 17.9 Å². The van der Waals surface area contributed by atoms with Crippen LogP contribution in [0.5, 0.6) is 0 Å². The van der Waals surface area contributed by atoms with Gasteiger partial charge in [0, 0.05) is 64.4 Å². The average molecular weight is 463 g/mol. The van der Waals surface area contributed by atoms with Crippen LogP contribution in [0.1, 0.15) is 29.6 Å². The van der Waals surface area contributed by atoms with Gasteiger partial charge in [0.15, 0.2) is 0 Å². The van der Waals surface area contributed by atoms with E-state index < -0.39 is 0 Å². The zero-order valence-electron chi connectivity index (χ0n) is 18.9. The Hall–Kier alpha value is -2.10. The number of nitrogens with one attached hydrogen (secondary N) is 1. The molecular formula is C23H34N4O4S. The molecule has 0 saturated carbocycles. The summed E-state index contributed by atoms with van der Waals surface area (Å²) in [5.74, 6) is 0.497. The van der Waals surface area contributed by atoms with E-state index in [0.29, 0.717) is 57.2 Å². The molecule has 2 heterocycles. The molecule has 1 N–H and O–H groups in total. The van der Waals surface area contributed by atoms with Crippen molar-refractivity contribution >= 4 is 29.5 Å². The summed E-state index contributed by atoms with van der Waals surface area (Å²) in [6.07, 6.45) is 2.95. The van der Waals surface area contributed by atoms with Crippen LogP contribution in [0, 0.1) is 0 Å². The van der Waals surface area contributed by atoms with Crippen molar-refractivity contribution in [3.63, 3.8) is 0 Å². The quantitative estimate of drug-likeness (QED) is 0.417. The number of rotatable bonds is 10. The molecule has 1 aromatic carbocycles. The molecule has 0 bridgehead atoms. The second-order valence-corrected chi connectivity index (χ2v) is 9.15. The molecule has 3 amide bonds. The van der Waals surface area contributed by atoms with Gasteiger partial charge in [-0.15, -0.1) is 11.8 Å². The lowest BCUT2D eigenvalue weighted by atomic mass is 10.2. The molecule has 1 aromatic rings. The maximum Gasteiger partial charge on any atom is 0.255 e. The van der Waals surface area contributed by atoms with E-state index in [2.05, 4.69) is 10.2 Å². The van der Waals surface area contributed by atoms with Crippen LogP contribution in [0.15, 0.2) is 29.2 Å². The number of nitrogens with zero attached hydrogens (tertiary/aromatic N) is 3. The zero-order chi connectivity index (χ0) is 22.8. The fraction of sp³-hybridized carbons (Fsp3) is 0.609. The van der Waals surface area contributed by atoms with E-state index in [1.807, 2.05) is 34.1 Å². The molecule has 0 aliphatic carbocycles. The number of amides is 3. The van der Waals surface area contributed by atoms with Crippen LogP contribution >= 0.6 is 11.8 Å². The van der Waals surface area contributed by atoms with Crippen LogP contribution in [-0.4, -0.2) is 104 Å². The van der Waals surface area contributed by atoms with Crippen LogP contribution in [0.2, 0.25) is 0 Å². The Morgan fingerprint density at radius 2 is 1.72 bits per heavy atom. The van der Waals surface area contributed by atoms with Gasteiger partial charge in [-0.25, -0.2) is 0 Å². The molecule has 32 heavy (non-hydrogen) atoms. The van der Waals surface area contributed by atoms with Crippen molar-refractivity contribution < 1.29 is 19.1 Å².